The van der Waals surface area contributed by atoms with Gasteiger partial charge in [0.2, 0.25) is 0 Å². The minimum absolute atomic E-state index is 0. The van der Waals surface area contributed by atoms with Gasteiger partial charge in [0.25, 0.3) is 0 Å². The molecule has 6 aliphatic rings. The fourth-order valence-electron chi connectivity index (χ4n) is 13.3. The molecule has 0 aromatic carbocycles. The van der Waals surface area contributed by atoms with Gasteiger partial charge >= 0.3 is 26.2 Å². The number of rotatable bonds is 16. The maximum absolute atomic E-state index is 7.35. The van der Waals surface area contributed by atoms with Crippen LogP contribution in [0.3, 0.4) is 0 Å². The summed E-state index contributed by atoms with van der Waals surface area (Å²) in [6.45, 7) is 16.5. The zero-order valence-corrected chi connectivity index (χ0v) is 38.7. The molecule has 0 radical (unpaired) electrons. The SMILES string of the molecule is CC[Si](CC)(CC)OCCC(CCO[Si](CC)(CC)CC)(C1C2C=CC=CC2C2CCCCC21)C1C2C=CC=CC2C2CCCCC21.[Cl-].[Cl-].[Zr+2]. The van der Waals surface area contributed by atoms with Gasteiger partial charge in [-0.2, -0.15) is 0 Å². The molecule has 282 valence electrons. The number of hydrogen-bond donors (Lipinski definition) is 0. The van der Waals surface area contributed by atoms with Crippen molar-refractivity contribution in [3.63, 3.8) is 0 Å². The van der Waals surface area contributed by atoms with Crippen LogP contribution in [-0.2, 0) is 35.1 Å². The molecule has 0 aliphatic heterocycles. The summed E-state index contributed by atoms with van der Waals surface area (Å²) < 4.78 is 14.7. The topological polar surface area (TPSA) is 18.5 Å². The molecule has 6 aliphatic carbocycles. The van der Waals surface area contributed by atoms with Gasteiger partial charge in [-0.05, 0) is 139 Å². The van der Waals surface area contributed by atoms with E-state index < -0.39 is 16.6 Å². The standard InChI is InChI=1S/C43H72O2Si2.2ClH.Zr/c1-7-46(8-2,9-3)44-31-29-43(30-32-45-47(10-4,11-5)12-6,41-37-25-17-13-21-33(37)34-22-14-18-26-38(34)41)42-39-27-19-15-23-35(39)36-24-16-20-28-40(36)42;;;/h13,15,17,19,21,23,25,27,33-42H,7-12,14,16,18,20,22,24,26,28-32H2,1-6H3;2*1H;/q;;;+2/p-2. The van der Waals surface area contributed by atoms with E-state index in [-0.39, 0.29) is 56.4 Å². The molecule has 4 fully saturated rings. The van der Waals surface area contributed by atoms with Gasteiger partial charge in [0.1, 0.15) is 0 Å². The van der Waals surface area contributed by atoms with Crippen LogP contribution >= 0.6 is 0 Å². The monoisotopic (exact) mass is 836 g/mol. The summed E-state index contributed by atoms with van der Waals surface area (Å²) in [7, 11) is -3.38. The first-order valence-corrected chi connectivity index (χ1v) is 26.0. The number of hydrogen-bond acceptors (Lipinski definition) is 2. The molecular formula is C43H72Cl2O2Si2Zr. The molecule has 2 nitrogen and oxygen atoms in total. The van der Waals surface area contributed by atoms with E-state index in [0.717, 1.165) is 60.6 Å². The van der Waals surface area contributed by atoms with Gasteiger partial charge in [-0.3, -0.25) is 0 Å². The van der Waals surface area contributed by atoms with Crippen LogP contribution in [0, 0.1) is 64.6 Å². The normalized spacial score (nSPS) is 34.1. The van der Waals surface area contributed by atoms with Gasteiger partial charge in [0, 0.05) is 13.2 Å². The summed E-state index contributed by atoms with van der Waals surface area (Å²) in [6.07, 6.45) is 34.6. The first-order chi connectivity index (χ1) is 23.0. The summed E-state index contributed by atoms with van der Waals surface area (Å²) in [4.78, 5) is 0. The van der Waals surface area contributed by atoms with Crippen molar-refractivity contribution in [2.24, 2.45) is 64.6 Å². The fourth-order valence-corrected chi connectivity index (χ4v) is 18.6. The molecule has 0 heterocycles. The van der Waals surface area contributed by atoms with Crippen molar-refractivity contribution >= 4 is 16.6 Å². The minimum Gasteiger partial charge on any atom is -1.00 e. The maximum atomic E-state index is 7.35. The van der Waals surface area contributed by atoms with Gasteiger partial charge < -0.3 is 33.7 Å². The first kappa shape index (κ1) is 45.2. The Morgan fingerprint density at radius 3 is 1.10 bits per heavy atom. The van der Waals surface area contributed by atoms with Gasteiger partial charge in [-0.15, -0.1) is 0 Å². The van der Waals surface area contributed by atoms with Crippen LogP contribution in [0.2, 0.25) is 36.3 Å². The van der Waals surface area contributed by atoms with Gasteiger partial charge in [0.15, 0.2) is 16.6 Å². The smallest absolute Gasteiger partial charge is 1.00 e. The van der Waals surface area contributed by atoms with Crippen molar-refractivity contribution in [1.29, 1.82) is 0 Å². The first-order valence-electron chi connectivity index (χ1n) is 20.9. The number of halogens is 2. The molecular weight excluding hydrogens is 767 g/mol. The molecule has 10 atom stereocenters. The average Bonchev–Trinajstić information content (AvgIpc) is 3.66. The number of allylic oxidation sites excluding steroid dienone is 8. The van der Waals surface area contributed by atoms with E-state index in [1.807, 2.05) is 0 Å². The van der Waals surface area contributed by atoms with E-state index in [4.69, 9.17) is 8.85 Å². The van der Waals surface area contributed by atoms with Crippen LogP contribution in [0.25, 0.3) is 0 Å². The van der Waals surface area contributed by atoms with Crippen LogP contribution < -0.4 is 24.8 Å². The van der Waals surface area contributed by atoms with Gasteiger partial charge in [-0.1, -0.05) is 116 Å². The van der Waals surface area contributed by atoms with Crippen molar-refractivity contribution < 1.29 is 59.9 Å². The second-order valence-corrected chi connectivity index (χ2v) is 26.6. The Kier molecular flexibility index (Phi) is 18.1. The largest absolute Gasteiger partial charge is 2.00 e. The van der Waals surface area contributed by atoms with Crippen molar-refractivity contribution in [3.8, 4) is 0 Å². The third kappa shape index (κ3) is 8.45. The molecule has 50 heavy (non-hydrogen) atoms. The zero-order chi connectivity index (χ0) is 33.1. The molecule has 0 aromatic heterocycles. The van der Waals surface area contributed by atoms with Gasteiger partial charge in [0.05, 0.1) is 0 Å². The van der Waals surface area contributed by atoms with Crippen LogP contribution in [-0.4, -0.2) is 29.8 Å². The Morgan fingerprint density at radius 2 is 0.780 bits per heavy atom. The second-order valence-electron chi connectivity index (χ2n) is 17.0. The minimum atomic E-state index is -1.69. The predicted octanol–water partition coefficient (Wildman–Crippen LogP) is 6.39. The van der Waals surface area contributed by atoms with Crippen LogP contribution in [0.1, 0.15) is 106 Å². The molecule has 0 saturated heterocycles. The van der Waals surface area contributed by atoms with E-state index in [1.165, 1.54) is 100 Å². The van der Waals surface area contributed by atoms with E-state index in [0.29, 0.717) is 11.8 Å². The van der Waals surface area contributed by atoms with Gasteiger partial charge in [-0.25, -0.2) is 0 Å². The Hall–Kier alpha value is 0.777. The molecule has 6 rings (SSSR count). The third-order valence-corrected chi connectivity index (χ3v) is 25.4. The summed E-state index contributed by atoms with van der Waals surface area (Å²) >= 11 is 0. The van der Waals surface area contributed by atoms with Crippen LogP contribution in [0.5, 0.6) is 0 Å². The molecule has 7 heteroatoms. The summed E-state index contributed by atoms with van der Waals surface area (Å²) in [6, 6.07) is 7.54. The Bertz CT molecular complexity index is 1050. The zero-order valence-electron chi connectivity index (χ0n) is 32.7. The summed E-state index contributed by atoms with van der Waals surface area (Å²) in [5, 5.41) is 0. The van der Waals surface area contributed by atoms with Crippen molar-refractivity contribution in [1.82, 2.24) is 0 Å². The van der Waals surface area contributed by atoms with E-state index in [1.54, 1.807) is 0 Å². The molecule has 0 spiro atoms. The molecule has 10 unspecified atom stereocenters. The van der Waals surface area contributed by atoms with E-state index in [2.05, 4.69) is 90.2 Å². The predicted molar refractivity (Wildman–Crippen MR) is 206 cm³/mol. The van der Waals surface area contributed by atoms with Crippen molar-refractivity contribution in [2.45, 2.75) is 142 Å². The van der Waals surface area contributed by atoms with E-state index in [9.17, 15) is 0 Å². The molecule has 0 N–H and O–H groups in total. The maximum Gasteiger partial charge on any atom is 2.00 e. The van der Waals surface area contributed by atoms with Crippen LogP contribution in [0.15, 0.2) is 48.6 Å². The Morgan fingerprint density at radius 1 is 0.480 bits per heavy atom. The second kappa shape index (κ2) is 20.1. The van der Waals surface area contributed by atoms with Crippen LogP contribution in [0.4, 0.5) is 0 Å². The third-order valence-electron chi connectivity index (χ3n) is 16.1. The summed E-state index contributed by atoms with van der Waals surface area (Å²) in [5.74, 6) is 7.80. The molecule has 4 saturated carbocycles. The molecule has 0 aromatic rings. The molecule has 0 amide bonds. The number of fused-ring (bicyclic) bond motifs is 6. The van der Waals surface area contributed by atoms with Crippen molar-refractivity contribution in [2.75, 3.05) is 13.2 Å². The fraction of sp³-hybridized carbons (Fsp3) is 0.814. The Labute approximate surface area is 342 Å². The molecule has 0 bridgehead atoms. The van der Waals surface area contributed by atoms with E-state index >= 15 is 0 Å². The summed E-state index contributed by atoms with van der Waals surface area (Å²) in [5.41, 5.74) is 0.259. The Balaban J connectivity index is 0.00000225. The average molecular weight is 839 g/mol. The quantitative estimate of drug-likeness (QED) is 0.168. The van der Waals surface area contributed by atoms with Crippen molar-refractivity contribution in [3.05, 3.63) is 48.6 Å².